The molecule has 0 aliphatic carbocycles. The molecular formula is C32H36F6N6O5. The number of amides is 1. The molecule has 11 nitrogen and oxygen atoms in total. The van der Waals surface area contributed by atoms with Gasteiger partial charge < -0.3 is 24.8 Å². The van der Waals surface area contributed by atoms with Gasteiger partial charge in [-0.15, -0.1) is 0 Å². The van der Waals surface area contributed by atoms with E-state index in [-0.39, 0.29) is 48.6 Å². The van der Waals surface area contributed by atoms with Crippen LogP contribution in [0.25, 0.3) is 0 Å². The van der Waals surface area contributed by atoms with Crippen LogP contribution >= 0.6 is 0 Å². The number of carboxylic acids is 1. The van der Waals surface area contributed by atoms with E-state index in [1.165, 1.54) is 32.1 Å². The average molecular weight is 699 g/mol. The third-order valence-electron chi connectivity index (χ3n) is 8.00. The number of nitrogens with zero attached hydrogens (tertiary/aromatic N) is 5. The number of aromatic nitrogens is 3. The first-order valence-corrected chi connectivity index (χ1v) is 15.1. The lowest BCUT2D eigenvalue weighted by molar-refractivity contribution is -0.149. The number of carbonyl (C=O) groups excluding carboxylic acids is 1. The molecule has 3 aromatic rings. The van der Waals surface area contributed by atoms with Crippen molar-refractivity contribution in [3.63, 3.8) is 0 Å². The van der Waals surface area contributed by atoms with Gasteiger partial charge in [-0.2, -0.15) is 26.3 Å². The molecule has 1 amide bonds. The summed E-state index contributed by atoms with van der Waals surface area (Å²) in [5.74, 6) is -0.913. The molecule has 266 valence electrons. The zero-order valence-corrected chi connectivity index (χ0v) is 27.5. The van der Waals surface area contributed by atoms with Crippen LogP contribution in [0.15, 0.2) is 36.5 Å². The van der Waals surface area contributed by atoms with E-state index in [1.54, 1.807) is 31.1 Å². The van der Waals surface area contributed by atoms with Crippen molar-refractivity contribution in [1.29, 1.82) is 0 Å². The second-order valence-corrected chi connectivity index (χ2v) is 12.4. The van der Waals surface area contributed by atoms with Gasteiger partial charge in [0.15, 0.2) is 0 Å². The van der Waals surface area contributed by atoms with Crippen LogP contribution in [-0.2, 0) is 28.3 Å². The van der Waals surface area contributed by atoms with Crippen LogP contribution in [-0.4, -0.2) is 66.0 Å². The van der Waals surface area contributed by atoms with Gasteiger partial charge in [-0.3, -0.25) is 9.69 Å². The predicted molar refractivity (Wildman–Crippen MR) is 167 cm³/mol. The largest absolute Gasteiger partial charge is 0.481 e. The SMILES string of the molecule is CC[C@@H]1C[C@H](Nc2ncc(N(C)C)c(Cc3cc(C(F)(F)F)cc(C(F)(F)F)c3)n2)c2nc(OC)ccc2N1C(=O)OCC(C)(C)C(=O)O. The van der Waals surface area contributed by atoms with E-state index < -0.39 is 53.0 Å². The van der Waals surface area contributed by atoms with Crippen LogP contribution in [0.1, 0.15) is 67.7 Å². The molecule has 17 heteroatoms. The molecule has 2 aromatic heterocycles. The summed E-state index contributed by atoms with van der Waals surface area (Å²) in [7, 11) is 4.67. The fourth-order valence-corrected chi connectivity index (χ4v) is 5.26. The molecule has 1 aromatic carbocycles. The minimum Gasteiger partial charge on any atom is -0.481 e. The van der Waals surface area contributed by atoms with E-state index in [1.807, 2.05) is 6.92 Å². The number of hydrogen-bond donors (Lipinski definition) is 2. The van der Waals surface area contributed by atoms with Gasteiger partial charge in [-0.25, -0.2) is 19.7 Å². The van der Waals surface area contributed by atoms with Gasteiger partial charge in [0.1, 0.15) is 6.61 Å². The first-order chi connectivity index (χ1) is 22.7. The van der Waals surface area contributed by atoms with Gasteiger partial charge in [0, 0.05) is 32.6 Å². The number of halogens is 6. The molecule has 49 heavy (non-hydrogen) atoms. The fourth-order valence-electron chi connectivity index (χ4n) is 5.26. The zero-order valence-electron chi connectivity index (χ0n) is 27.5. The zero-order chi connectivity index (χ0) is 36.5. The number of benzene rings is 1. The Kier molecular flexibility index (Phi) is 10.5. The van der Waals surface area contributed by atoms with Gasteiger partial charge in [0.05, 0.1) is 58.7 Å². The van der Waals surface area contributed by atoms with Gasteiger partial charge in [0.2, 0.25) is 11.8 Å². The maximum absolute atomic E-state index is 13.6. The van der Waals surface area contributed by atoms with Gasteiger partial charge in [-0.1, -0.05) is 6.92 Å². The molecular weight excluding hydrogens is 662 g/mol. The lowest BCUT2D eigenvalue weighted by Gasteiger charge is -2.39. The molecule has 0 saturated carbocycles. The molecule has 2 N–H and O–H groups in total. The molecule has 0 saturated heterocycles. The summed E-state index contributed by atoms with van der Waals surface area (Å²) in [4.78, 5) is 41.3. The standard InChI is InChI=1S/C32H36F6N6O5/c1-7-20-14-22(26-23(8-9-25(42-26)48-6)44(20)29(47)49-16-30(2,3)27(45)46)41-28-39-15-24(43(4)5)21(40-28)12-17-10-18(31(33,34)35)13-19(11-17)32(36,37)38/h8-11,13,15,20,22H,7,12,14,16H2,1-6H3,(H,45,46)(H,39,40,41)/t20-,22+/m1/s1. The van der Waals surface area contributed by atoms with Crippen molar-refractivity contribution >= 4 is 29.4 Å². The summed E-state index contributed by atoms with van der Waals surface area (Å²) >= 11 is 0. The maximum Gasteiger partial charge on any atom is 0.416 e. The minimum atomic E-state index is -5.01. The van der Waals surface area contributed by atoms with E-state index in [4.69, 9.17) is 9.47 Å². The van der Waals surface area contributed by atoms with Crippen LogP contribution < -0.4 is 19.9 Å². The number of alkyl halides is 6. The lowest BCUT2D eigenvalue weighted by atomic mass is 9.93. The number of anilines is 3. The van der Waals surface area contributed by atoms with Crippen LogP contribution in [0.4, 0.5) is 48.5 Å². The number of hydrogen-bond acceptors (Lipinski definition) is 9. The monoisotopic (exact) mass is 698 g/mol. The Labute approximate surface area is 278 Å². The van der Waals surface area contributed by atoms with Crippen LogP contribution in [0, 0.1) is 5.41 Å². The number of carboxylic acid groups (broad SMARTS) is 1. The normalized spacial score (nSPS) is 16.5. The Morgan fingerprint density at radius 3 is 2.20 bits per heavy atom. The Hall–Kier alpha value is -4.83. The minimum absolute atomic E-state index is 0.0123. The van der Waals surface area contributed by atoms with Crippen LogP contribution in [0.2, 0.25) is 0 Å². The Bertz CT molecular complexity index is 1670. The summed E-state index contributed by atoms with van der Waals surface area (Å²) in [5.41, 5.74) is -3.25. The second-order valence-electron chi connectivity index (χ2n) is 12.4. The molecule has 1 aliphatic heterocycles. The van der Waals surface area contributed by atoms with Crippen molar-refractivity contribution in [2.24, 2.45) is 5.41 Å². The number of carbonyl (C=O) groups is 2. The molecule has 4 rings (SSSR count). The van der Waals surface area contributed by atoms with Gasteiger partial charge in [0.25, 0.3) is 0 Å². The molecule has 3 heterocycles. The average Bonchev–Trinajstić information content (AvgIpc) is 3.02. The molecule has 0 spiro atoms. The fraction of sp³-hybridized carbons (Fsp3) is 0.469. The van der Waals surface area contributed by atoms with E-state index in [9.17, 15) is 41.0 Å². The Balaban J connectivity index is 1.72. The van der Waals surface area contributed by atoms with Gasteiger partial charge >= 0.3 is 24.4 Å². The number of methoxy groups -OCH3 is 1. The Morgan fingerprint density at radius 2 is 1.67 bits per heavy atom. The van der Waals surface area contributed by atoms with Crippen molar-refractivity contribution in [2.45, 2.75) is 64.5 Å². The van der Waals surface area contributed by atoms with Crippen molar-refractivity contribution in [3.8, 4) is 5.88 Å². The van der Waals surface area contributed by atoms with Crippen LogP contribution in [0.3, 0.4) is 0 Å². The van der Waals surface area contributed by atoms with Crippen molar-refractivity contribution < 1.29 is 50.5 Å². The van der Waals surface area contributed by atoms with E-state index in [0.717, 1.165) is 0 Å². The highest BCUT2D eigenvalue weighted by atomic mass is 19.4. The number of rotatable bonds is 10. The van der Waals surface area contributed by atoms with E-state index in [2.05, 4.69) is 20.3 Å². The quantitative estimate of drug-likeness (QED) is 0.214. The number of pyridine rings is 1. The predicted octanol–water partition coefficient (Wildman–Crippen LogP) is 6.96. The molecule has 0 fully saturated rings. The van der Waals surface area contributed by atoms with Crippen LogP contribution in [0.5, 0.6) is 5.88 Å². The highest BCUT2D eigenvalue weighted by Gasteiger charge is 2.40. The highest BCUT2D eigenvalue weighted by molar-refractivity contribution is 5.90. The highest BCUT2D eigenvalue weighted by Crippen LogP contribution is 2.41. The summed E-state index contributed by atoms with van der Waals surface area (Å²) in [6.45, 7) is 4.30. The molecule has 0 bridgehead atoms. The lowest BCUT2D eigenvalue weighted by Crippen LogP contribution is -2.47. The van der Waals surface area contributed by atoms with Crippen molar-refractivity contribution in [3.05, 3.63) is 64.6 Å². The summed E-state index contributed by atoms with van der Waals surface area (Å²) in [6.07, 6.45) is -9.08. The first-order valence-electron chi connectivity index (χ1n) is 15.1. The number of fused-ring (bicyclic) bond motifs is 1. The van der Waals surface area contributed by atoms with E-state index in [0.29, 0.717) is 35.6 Å². The van der Waals surface area contributed by atoms with Gasteiger partial charge in [-0.05, 0) is 56.5 Å². The van der Waals surface area contributed by atoms with Crippen molar-refractivity contribution in [1.82, 2.24) is 15.0 Å². The maximum atomic E-state index is 13.6. The molecule has 1 aliphatic rings. The number of ether oxygens (including phenoxy) is 2. The summed E-state index contributed by atoms with van der Waals surface area (Å²) in [6, 6.07) is 3.43. The topological polar surface area (TPSA) is 130 Å². The summed E-state index contributed by atoms with van der Waals surface area (Å²) in [5, 5.41) is 12.6. The number of aliphatic carboxylic acids is 1. The number of nitrogens with one attached hydrogen (secondary N) is 1. The third kappa shape index (κ3) is 8.43. The molecule has 2 atom stereocenters. The second kappa shape index (κ2) is 14.0. The molecule has 0 radical (unpaired) electrons. The third-order valence-corrected chi connectivity index (χ3v) is 8.00. The van der Waals surface area contributed by atoms with E-state index >= 15 is 0 Å². The Morgan fingerprint density at radius 1 is 1.04 bits per heavy atom. The molecule has 0 unspecified atom stereocenters. The smallest absolute Gasteiger partial charge is 0.416 e. The van der Waals surface area contributed by atoms with Crippen molar-refractivity contribution in [2.75, 3.05) is 42.9 Å². The first kappa shape index (κ1) is 37.0. The summed E-state index contributed by atoms with van der Waals surface area (Å²) < 4.78 is 92.1.